The molecule has 9 heteroatoms. The number of benzene rings is 6. The molecule has 0 spiro atoms. The Hall–Kier alpha value is -6.01. The van der Waals surface area contributed by atoms with Crippen LogP contribution in [0.5, 0.6) is 0 Å². The highest BCUT2D eigenvalue weighted by Gasteiger charge is 2.42. The van der Waals surface area contributed by atoms with Gasteiger partial charge in [0, 0.05) is 32.7 Å². The molecule has 8 aromatic rings. The molecular formula is C47H37F6N3. The second kappa shape index (κ2) is 12.5. The van der Waals surface area contributed by atoms with Gasteiger partial charge in [0.05, 0.1) is 50.1 Å². The lowest BCUT2D eigenvalue weighted by Crippen LogP contribution is -2.15. The highest BCUT2D eigenvalue weighted by atomic mass is 19.4. The van der Waals surface area contributed by atoms with Crippen molar-refractivity contribution < 1.29 is 26.3 Å². The Morgan fingerprint density at radius 3 is 1.32 bits per heavy atom. The monoisotopic (exact) mass is 757 g/mol. The molecule has 0 saturated heterocycles. The Bertz CT molecular complexity index is 2890. The summed E-state index contributed by atoms with van der Waals surface area (Å²) in [6, 6.07) is 33.8. The minimum Gasteiger partial charge on any atom is -0.309 e. The summed E-state index contributed by atoms with van der Waals surface area (Å²) in [6.45, 7) is 12.2. The van der Waals surface area contributed by atoms with Crippen molar-refractivity contribution >= 4 is 43.6 Å². The van der Waals surface area contributed by atoms with E-state index in [-0.39, 0.29) is 33.3 Å². The van der Waals surface area contributed by atoms with Crippen molar-refractivity contribution in [2.24, 2.45) is 0 Å². The minimum atomic E-state index is -5.16. The smallest absolute Gasteiger partial charge is 0.309 e. The zero-order chi connectivity index (χ0) is 40.1. The normalized spacial score (nSPS) is 13.0. The van der Waals surface area contributed by atoms with E-state index in [1.165, 1.54) is 12.1 Å². The van der Waals surface area contributed by atoms with Crippen LogP contribution in [0.2, 0.25) is 0 Å². The third kappa shape index (κ3) is 5.90. The molecule has 0 radical (unpaired) electrons. The van der Waals surface area contributed by atoms with Gasteiger partial charge in [0.1, 0.15) is 6.07 Å². The molecule has 0 saturated carbocycles. The number of hydrogen-bond acceptors (Lipinski definition) is 1. The van der Waals surface area contributed by atoms with Crippen LogP contribution in [0.4, 0.5) is 26.3 Å². The van der Waals surface area contributed by atoms with Crippen LogP contribution >= 0.6 is 0 Å². The molecule has 0 fully saturated rings. The van der Waals surface area contributed by atoms with Crippen molar-refractivity contribution in [3.05, 3.63) is 143 Å². The van der Waals surface area contributed by atoms with Gasteiger partial charge < -0.3 is 9.13 Å². The Morgan fingerprint density at radius 2 is 0.893 bits per heavy atom. The molecular weight excluding hydrogens is 721 g/mol. The largest absolute Gasteiger partial charge is 0.417 e. The number of hydrogen-bond donors (Lipinski definition) is 0. The number of nitrogens with zero attached hydrogens (tertiary/aromatic N) is 3. The molecule has 0 aliphatic carbocycles. The van der Waals surface area contributed by atoms with Crippen LogP contribution < -0.4 is 0 Å². The molecule has 2 heterocycles. The van der Waals surface area contributed by atoms with Crippen LogP contribution in [-0.4, -0.2) is 9.13 Å². The Morgan fingerprint density at radius 1 is 0.464 bits per heavy atom. The van der Waals surface area contributed by atoms with E-state index in [2.05, 4.69) is 26.8 Å². The number of rotatable bonds is 3. The van der Waals surface area contributed by atoms with Gasteiger partial charge in [-0.2, -0.15) is 31.6 Å². The highest BCUT2D eigenvalue weighted by Crippen LogP contribution is 2.49. The Labute approximate surface area is 320 Å². The van der Waals surface area contributed by atoms with Crippen molar-refractivity contribution in [1.29, 1.82) is 5.26 Å². The summed E-state index contributed by atoms with van der Waals surface area (Å²) in [5.41, 5.74) is -0.237. The standard InChI is InChI=1S/C47H37F6N3/c1-44(2,3)28-18-20-32-30-12-7-9-16-37(30)55(41(32)23-28)39-25-34(43-35(46(48,49)50)14-11-15-36(43)47(51,52)53)40(22-27(39)26-54)56-38-17-10-8-13-31(38)33-21-19-29(24-42(33)56)45(4,5)6/h7-25H,1-6H3. The van der Waals surface area contributed by atoms with E-state index in [0.29, 0.717) is 34.2 Å². The van der Waals surface area contributed by atoms with Gasteiger partial charge in [0.2, 0.25) is 0 Å². The lowest BCUT2D eigenvalue weighted by atomic mass is 9.86. The maximum Gasteiger partial charge on any atom is 0.417 e. The minimum absolute atomic E-state index is 0.0147. The van der Waals surface area contributed by atoms with Crippen molar-refractivity contribution in [2.75, 3.05) is 0 Å². The van der Waals surface area contributed by atoms with Gasteiger partial charge in [-0.1, -0.05) is 108 Å². The lowest BCUT2D eigenvalue weighted by molar-refractivity contribution is -0.142. The maximum atomic E-state index is 15.1. The molecule has 0 aliphatic heterocycles. The van der Waals surface area contributed by atoms with Crippen molar-refractivity contribution in [3.63, 3.8) is 0 Å². The Kier molecular flexibility index (Phi) is 8.25. The van der Waals surface area contributed by atoms with Crippen molar-refractivity contribution in [3.8, 4) is 28.6 Å². The van der Waals surface area contributed by atoms with Gasteiger partial charge in [-0.25, -0.2) is 0 Å². The molecule has 0 atom stereocenters. The predicted octanol–water partition coefficient (Wildman–Crippen LogP) is 14.1. The molecule has 282 valence electrons. The third-order valence-electron chi connectivity index (χ3n) is 10.7. The summed E-state index contributed by atoms with van der Waals surface area (Å²) in [5.74, 6) is 0. The molecule has 56 heavy (non-hydrogen) atoms. The van der Waals surface area contributed by atoms with Gasteiger partial charge in [-0.05, 0) is 70.5 Å². The van der Waals surface area contributed by atoms with Crippen LogP contribution in [0.3, 0.4) is 0 Å². The van der Waals surface area contributed by atoms with E-state index < -0.39 is 29.0 Å². The summed E-state index contributed by atoms with van der Waals surface area (Å²) in [5, 5.41) is 14.1. The number of aromatic nitrogens is 2. The van der Waals surface area contributed by atoms with Crippen molar-refractivity contribution in [1.82, 2.24) is 9.13 Å². The first kappa shape index (κ1) is 36.9. The van der Waals surface area contributed by atoms with Gasteiger partial charge in [0.25, 0.3) is 0 Å². The van der Waals surface area contributed by atoms with Crippen molar-refractivity contribution in [2.45, 2.75) is 64.7 Å². The summed E-state index contributed by atoms with van der Waals surface area (Å²) >= 11 is 0. The van der Waals surface area contributed by atoms with E-state index in [1.807, 2.05) is 93.6 Å². The van der Waals surface area contributed by atoms with Crippen LogP contribution in [0.25, 0.3) is 66.1 Å². The quantitative estimate of drug-likeness (QED) is 0.165. The third-order valence-corrected chi connectivity index (χ3v) is 10.7. The summed E-state index contributed by atoms with van der Waals surface area (Å²) in [6.07, 6.45) is -10.3. The van der Waals surface area contributed by atoms with E-state index in [0.717, 1.165) is 38.7 Å². The van der Waals surface area contributed by atoms with Gasteiger partial charge in [0.15, 0.2) is 0 Å². The maximum absolute atomic E-state index is 15.1. The number of alkyl halides is 6. The van der Waals surface area contributed by atoms with Gasteiger partial charge >= 0.3 is 12.4 Å². The molecule has 6 aromatic carbocycles. The van der Waals surface area contributed by atoms with E-state index in [4.69, 9.17) is 0 Å². The van der Waals surface area contributed by atoms with Crippen LogP contribution in [0.1, 0.15) is 69.4 Å². The number of fused-ring (bicyclic) bond motifs is 6. The molecule has 0 amide bonds. The fourth-order valence-corrected chi connectivity index (χ4v) is 7.94. The van der Waals surface area contributed by atoms with Crippen LogP contribution in [0, 0.1) is 11.3 Å². The van der Waals surface area contributed by atoms with Crippen LogP contribution in [0.15, 0.2) is 115 Å². The summed E-state index contributed by atoms with van der Waals surface area (Å²) in [4.78, 5) is 0. The summed E-state index contributed by atoms with van der Waals surface area (Å²) < 4.78 is 94.3. The fourth-order valence-electron chi connectivity index (χ4n) is 7.94. The van der Waals surface area contributed by atoms with Gasteiger partial charge in [-0.15, -0.1) is 0 Å². The second-order valence-electron chi connectivity index (χ2n) is 16.4. The average Bonchev–Trinajstić information content (AvgIpc) is 3.64. The number of halogens is 6. The summed E-state index contributed by atoms with van der Waals surface area (Å²) in [7, 11) is 0. The zero-order valence-electron chi connectivity index (χ0n) is 31.6. The van der Waals surface area contributed by atoms with Gasteiger partial charge in [-0.3, -0.25) is 0 Å². The first-order chi connectivity index (χ1) is 26.3. The predicted molar refractivity (Wildman–Crippen MR) is 213 cm³/mol. The molecule has 8 rings (SSSR count). The molecule has 0 bridgehead atoms. The molecule has 2 aromatic heterocycles. The number of para-hydroxylation sites is 2. The fraction of sp³-hybridized carbons (Fsp3) is 0.213. The topological polar surface area (TPSA) is 33.6 Å². The van der Waals surface area contributed by atoms with E-state index in [1.54, 1.807) is 21.3 Å². The first-order valence-corrected chi connectivity index (χ1v) is 18.2. The lowest BCUT2D eigenvalue weighted by Gasteiger charge is -2.24. The average molecular weight is 758 g/mol. The molecule has 0 unspecified atom stereocenters. The molecule has 0 N–H and O–H groups in total. The second-order valence-corrected chi connectivity index (χ2v) is 16.4. The number of nitriles is 1. The molecule has 3 nitrogen and oxygen atoms in total. The Balaban J connectivity index is 1.61. The first-order valence-electron chi connectivity index (χ1n) is 18.2. The van der Waals surface area contributed by atoms with E-state index >= 15 is 26.3 Å². The van der Waals surface area contributed by atoms with Crippen LogP contribution in [-0.2, 0) is 23.2 Å². The zero-order valence-corrected chi connectivity index (χ0v) is 31.6. The highest BCUT2D eigenvalue weighted by molar-refractivity contribution is 6.11. The molecule has 0 aliphatic rings. The van der Waals surface area contributed by atoms with E-state index in [9.17, 15) is 5.26 Å². The SMILES string of the molecule is CC(C)(C)c1ccc2c3ccccc3n(-c3cc(-c4c(C(F)(F)F)cccc4C(F)(F)F)c(-n4c5ccccc5c5ccc(C(C)(C)C)cc54)cc3C#N)c2c1.